The molecule has 0 aliphatic carbocycles. The average molecular weight is 288 g/mol. The van der Waals surface area contributed by atoms with Crippen molar-refractivity contribution in [2.24, 2.45) is 12.8 Å². The van der Waals surface area contributed by atoms with E-state index in [0.29, 0.717) is 22.7 Å². The molecule has 0 bridgehead atoms. The van der Waals surface area contributed by atoms with Crippen LogP contribution >= 0.6 is 12.2 Å². The summed E-state index contributed by atoms with van der Waals surface area (Å²) in [5, 5.41) is 7.09. The summed E-state index contributed by atoms with van der Waals surface area (Å²) in [7, 11) is 1.80. The van der Waals surface area contributed by atoms with E-state index in [9.17, 15) is 4.79 Å². The van der Waals surface area contributed by atoms with Crippen LogP contribution < -0.4 is 11.1 Å². The van der Waals surface area contributed by atoms with Crippen LogP contribution in [0, 0.1) is 0 Å². The Bertz CT molecular complexity index is 646. The summed E-state index contributed by atoms with van der Waals surface area (Å²) in [4.78, 5) is 12.5. The predicted molar refractivity (Wildman–Crippen MR) is 82.9 cm³/mol. The number of amides is 1. The average Bonchev–Trinajstić information content (AvgIpc) is 2.80. The summed E-state index contributed by atoms with van der Waals surface area (Å²) in [6, 6.07) is 7.10. The van der Waals surface area contributed by atoms with Gasteiger partial charge in [0.15, 0.2) is 0 Å². The van der Waals surface area contributed by atoms with Crippen LogP contribution in [0.1, 0.15) is 28.5 Å². The number of hydrogen-bond acceptors (Lipinski definition) is 3. The zero-order chi connectivity index (χ0) is 14.7. The molecule has 0 spiro atoms. The second kappa shape index (κ2) is 5.83. The quantitative estimate of drug-likeness (QED) is 0.842. The number of thiocarbonyl (C=S) groups is 1. The lowest BCUT2D eigenvalue weighted by Gasteiger charge is -2.05. The number of rotatable bonds is 4. The first kappa shape index (κ1) is 14.2. The van der Waals surface area contributed by atoms with Gasteiger partial charge in [-0.1, -0.05) is 19.1 Å². The molecule has 0 saturated heterocycles. The van der Waals surface area contributed by atoms with Gasteiger partial charge in [0.25, 0.3) is 5.91 Å². The maximum absolute atomic E-state index is 12.2. The highest BCUT2D eigenvalue weighted by Crippen LogP contribution is 2.13. The van der Waals surface area contributed by atoms with E-state index in [4.69, 9.17) is 18.0 Å². The standard InChI is InChI=1S/C14H16N4OS/c1-3-12-11(8-18(2)17-12)14(19)16-10-6-4-9(5-7-10)13(15)20/h4-8H,3H2,1-2H3,(H2,15,20)(H,16,19). The van der Waals surface area contributed by atoms with E-state index >= 15 is 0 Å². The number of anilines is 1. The first-order valence-corrected chi connectivity index (χ1v) is 6.65. The van der Waals surface area contributed by atoms with Gasteiger partial charge in [-0.05, 0) is 30.7 Å². The molecule has 0 fully saturated rings. The molecule has 1 aromatic heterocycles. The van der Waals surface area contributed by atoms with Gasteiger partial charge in [-0.2, -0.15) is 5.10 Å². The highest BCUT2D eigenvalue weighted by atomic mass is 32.1. The van der Waals surface area contributed by atoms with Crippen LogP contribution in [0.15, 0.2) is 30.5 Å². The molecule has 20 heavy (non-hydrogen) atoms. The van der Waals surface area contributed by atoms with E-state index in [1.54, 1.807) is 42.2 Å². The summed E-state index contributed by atoms with van der Waals surface area (Å²) in [6.45, 7) is 1.97. The number of benzene rings is 1. The zero-order valence-electron chi connectivity index (χ0n) is 11.4. The van der Waals surface area contributed by atoms with Crippen molar-refractivity contribution in [1.29, 1.82) is 0 Å². The number of hydrogen-bond donors (Lipinski definition) is 2. The summed E-state index contributed by atoms with van der Waals surface area (Å²) >= 11 is 4.88. The first-order chi connectivity index (χ1) is 9.51. The van der Waals surface area contributed by atoms with Crippen LogP contribution in [0.2, 0.25) is 0 Å². The third kappa shape index (κ3) is 3.03. The van der Waals surface area contributed by atoms with E-state index in [0.717, 1.165) is 11.3 Å². The number of carbonyl (C=O) groups is 1. The fraction of sp³-hybridized carbons (Fsp3) is 0.214. The molecule has 1 amide bonds. The molecule has 3 N–H and O–H groups in total. The molecule has 0 atom stereocenters. The van der Waals surface area contributed by atoms with Gasteiger partial charge >= 0.3 is 0 Å². The monoisotopic (exact) mass is 288 g/mol. The highest BCUT2D eigenvalue weighted by Gasteiger charge is 2.14. The fourth-order valence-corrected chi connectivity index (χ4v) is 2.04. The Morgan fingerprint density at radius 3 is 2.60 bits per heavy atom. The molecule has 0 aliphatic heterocycles. The van der Waals surface area contributed by atoms with Crippen LogP contribution in [-0.4, -0.2) is 20.7 Å². The van der Waals surface area contributed by atoms with E-state index in [1.807, 2.05) is 6.92 Å². The minimum atomic E-state index is -0.168. The molecule has 1 heterocycles. The molecule has 1 aromatic carbocycles. The molecule has 0 radical (unpaired) electrons. The summed E-state index contributed by atoms with van der Waals surface area (Å²) in [6.07, 6.45) is 2.43. The van der Waals surface area contributed by atoms with E-state index < -0.39 is 0 Å². The summed E-state index contributed by atoms with van der Waals surface area (Å²) in [5.41, 5.74) is 8.37. The number of nitrogens with zero attached hydrogens (tertiary/aromatic N) is 2. The third-order valence-electron chi connectivity index (χ3n) is 2.91. The second-order valence-electron chi connectivity index (χ2n) is 4.41. The minimum absolute atomic E-state index is 0.168. The Balaban J connectivity index is 2.16. The summed E-state index contributed by atoms with van der Waals surface area (Å²) < 4.78 is 1.64. The van der Waals surface area contributed by atoms with Gasteiger partial charge < -0.3 is 11.1 Å². The van der Waals surface area contributed by atoms with Gasteiger partial charge in [0.2, 0.25) is 0 Å². The second-order valence-corrected chi connectivity index (χ2v) is 4.85. The topological polar surface area (TPSA) is 72.9 Å². The number of aromatic nitrogens is 2. The summed E-state index contributed by atoms with van der Waals surface area (Å²) in [5.74, 6) is -0.168. The highest BCUT2D eigenvalue weighted by molar-refractivity contribution is 7.80. The van der Waals surface area contributed by atoms with Crippen molar-refractivity contribution in [2.75, 3.05) is 5.32 Å². The normalized spacial score (nSPS) is 10.3. The van der Waals surface area contributed by atoms with E-state index in [2.05, 4.69) is 10.4 Å². The lowest BCUT2D eigenvalue weighted by molar-refractivity contribution is 0.102. The molecule has 0 aliphatic rings. The van der Waals surface area contributed by atoms with Gasteiger partial charge in [-0.15, -0.1) is 0 Å². The van der Waals surface area contributed by atoms with Gasteiger partial charge in [0, 0.05) is 24.5 Å². The Labute approximate surface area is 122 Å². The number of nitrogens with two attached hydrogens (primary N) is 1. The van der Waals surface area contributed by atoms with Crippen molar-refractivity contribution in [2.45, 2.75) is 13.3 Å². The predicted octanol–water partition coefficient (Wildman–Crippen LogP) is 1.87. The van der Waals surface area contributed by atoms with Crippen LogP contribution in [0.3, 0.4) is 0 Å². The van der Waals surface area contributed by atoms with Crippen LogP contribution in [-0.2, 0) is 13.5 Å². The molecular formula is C14H16N4OS. The molecule has 5 nitrogen and oxygen atoms in total. The Kier molecular flexibility index (Phi) is 4.14. The lowest BCUT2D eigenvalue weighted by atomic mass is 10.1. The van der Waals surface area contributed by atoms with Gasteiger partial charge in [0.05, 0.1) is 11.3 Å². The van der Waals surface area contributed by atoms with E-state index in [-0.39, 0.29) is 5.91 Å². The molecule has 2 rings (SSSR count). The maximum Gasteiger partial charge on any atom is 0.259 e. The van der Waals surface area contributed by atoms with Crippen LogP contribution in [0.5, 0.6) is 0 Å². The molecule has 6 heteroatoms. The fourth-order valence-electron chi connectivity index (χ4n) is 1.90. The maximum atomic E-state index is 12.2. The van der Waals surface area contributed by atoms with Crippen molar-refractivity contribution in [3.63, 3.8) is 0 Å². The molecule has 0 saturated carbocycles. The first-order valence-electron chi connectivity index (χ1n) is 6.25. The lowest BCUT2D eigenvalue weighted by Crippen LogP contribution is -2.14. The van der Waals surface area contributed by atoms with E-state index in [1.165, 1.54) is 0 Å². The molecule has 0 unspecified atom stereocenters. The zero-order valence-corrected chi connectivity index (χ0v) is 12.2. The van der Waals surface area contributed by atoms with Gasteiger partial charge in [0.1, 0.15) is 4.99 Å². The Morgan fingerprint density at radius 1 is 1.40 bits per heavy atom. The van der Waals surface area contributed by atoms with Crippen molar-refractivity contribution in [3.8, 4) is 0 Å². The molecular weight excluding hydrogens is 272 g/mol. The van der Waals surface area contributed by atoms with Crippen molar-refractivity contribution in [1.82, 2.24) is 9.78 Å². The smallest absolute Gasteiger partial charge is 0.259 e. The SMILES string of the molecule is CCc1nn(C)cc1C(=O)Nc1ccc(C(N)=S)cc1. The van der Waals surface area contributed by atoms with Crippen LogP contribution in [0.4, 0.5) is 5.69 Å². The molecule has 2 aromatic rings. The van der Waals surface area contributed by atoms with Crippen LogP contribution in [0.25, 0.3) is 0 Å². The minimum Gasteiger partial charge on any atom is -0.389 e. The van der Waals surface area contributed by atoms with Gasteiger partial charge in [-0.3, -0.25) is 9.48 Å². The number of aryl methyl sites for hydroxylation is 2. The largest absolute Gasteiger partial charge is 0.389 e. The molecule has 104 valence electrons. The van der Waals surface area contributed by atoms with Crippen molar-refractivity contribution < 1.29 is 4.79 Å². The Morgan fingerprint density at radius 2 is 2.05 bits per heavy atom. The van der Waals surface area contributed by atoms with Crippen molar-refractivity contribution in [3.05, 3.63) is 47.3 Å². The Hall–Kier alpha value is -2.21. The number of nitrogens with one attached hydrogen (secondary N) is 1. The third-order valence-corrected chi connectivity index (χ3v) is 3.15. The number of carbonyl (C=O) groups excluding carboxylic acids is 1. The van der Waals surface area contributed by atoms with Crippen molar-refractivity contribution >= 4 is 28.8 Å². The van der Waals surface area contributed by atoms with Gasteiger partial charge in [-0.25, -0.2) is 0 Å².